The number of nitrogens with one attached hydrogen (secondary N) is 1. The van der Waals surface area contributed by atoms with E-state index >= 15 is 0 Å². The van der Waals surface area contributed by atoms with E-state index in [1.165, 1.54) is 6.42 Å². The molecule has 0 spiro atoms. The van der Waals surface area contributed by atoms with E-state index in [0.717, 1.165) is 30.5 Å². The molecule has 3 atom stereocenters. The smallest absolute Gasteiger partial charge is 0.0995 e. The molecular weight excluding hydrogens is 222 g/mol. The van der Waals surface area contributed by atoms with Crippen LogP contribution in [0.5, 0.6) is 0 Å². The first kappa shape index (κ1) is 13.1. The minimum atomic E-state index is 0.0188. The van der Waals surface area contributed by atoms with E-state index in [1.54, 1.807) is 0 Å². The molecule has 0 bridgehead atoms. The zero-order valence-electron chi connectivity index (χ0n) is 11.3. The number of likely N-dealkylation sites (N-methyl/N-ethyl adjacent to an activating group) is 1. The molecule has 0 heterocycles. The zero-order valence-corrected chi connectivity index (χ0v) is 11.3. The fourth-order valence-corrected chi connectivity index (χ4v) is 2.51. The van der Waals surface area contributed by atoms with Crippen LogP contribution in [0.3, 0.4) is 0 Å². The highest BCUT2D eigenvalue weighted by Gasteiger charge is 2.33. The summed E-state index contributed by atoms with van der Waals surface area (Å²) in [5.74, 6) is 2.00. The molecule has 2 rings (SSSR count). The van der Waals surface area contributed by atoms with Gasteiger partial charge in [0.25, 0.3) is 0 Å². The minimum Gasteiger partial charge on any atom is -0.387 e. The van der Waals surface area contributed by atoms with Gasteiger partial charge in [-0.15, -0.1) is 0 Å². The summed E-state index contributed by atoms with van der Waals surface area (Å²) < 4.78 is 0. The summed E-state index contributed by atoms with van der Waals surface area (Å²) in [5.41, 5.74) is 6.89. The molecule has 1 aliphatic carbocycles. The Morgan fingerprint density at radius 1 is 1.44 bits per heavy atom. The Kier molecular flexibility index (Phi) is 4.02. The van der Waals surface area contributed by atoms with Crippen LogP contribution in [-0.2, 0) is 0 Å². The van der Waals surface area contributed by atoms with Gasteiger partial charge in [-0.3, -0.25) is 5.41 Å². The van der Waals surface area contributed by atoms with Crippen LogP contribution in [0.4, 0.5) is 0 Å². The number of hydrogen-bond acceptors (Lipinski definition) is 2. The van der Waals surface area contributed by atoms with Gasteiger partial charge >= 0.3 is 0 Å². The molecule has 0 amide bonds. The Balaban J connectivity index is 1.96. The van der Waals surface area contributed by atoms with Crippen molar-refractivity contribution in [1.82, 2.24) is 4.90 Å². The summed E-state index contributed by atoms with van der Waals surface area (Å²) in [6.45, 7) is 4.26. The standard InChI is InChI=1S/C15H23N3/c1-11-8-13(11)9-18(2)10-14(15(16)17)12-6-4-3-5-7-12/h3-7,11,13-14H,8-10H2,1-2H3,(H3,16,17). The van der Waals surface area contributed by atoms with Crippen molar-refractivity contribution in [2.45, 2.75) is 19.3 Å². The lowest BCUT2D eigenvalue weighted by Crippen LogP contribution is -2.33. The van der Waals surface area contributed by atoms with E-state index in [9.17, 15) is 0 Å². The molecule has 1 aromatic rings. The van der Waals surface area contributed by atoms with Crippen LogP contribution in [0.15, 0.2) is 30.3 Å². The third-order valence-corrected chi connectivity index (χ3v) is 3.89. The fraction of sp³-hybridized carbons (Fsp3) is 0.533. The maximum absolute atomic E-state index is 7.77. The highest BCUT2D eigenvalue weighted by atomic mass is 15.1. The molecule has 3 unspecified atom stereocenters. The quantitative estimate of drug-likeness (QED) is 0.597. The summed E-state index contributed by atoms with van der Waals surface area (Å²) in [5, 5.41) is 7.77. The number of nitrogens with zero attached hydrogens (tertiary/aromatic N) is 1. The Morgan fingerprint density at radius 2 is 2.06 bits per heavy atom. The molecule has 1 fully saturated rings. The van der Waals surface area contributed by atoms with Gasteiger partial charge in [-0.1, -0.05) is 37.3 Å². The van der Waals surface area contributed by atoms with Crippen LogP contribution >= 0.6 is 0 Å². The molecule has 1 saturated carbocycles. The second-order valence-corrected chi connectivity index (χ2v) is 5.61. The van der Waals surface area contributed by atoms with Gasteiger partial charge in [-0.25, -0.2) is 0 Å². The molecule has 1 aromatic carbocycles. The van der Waals surface area contributed by atoms with Gasteiger partial charge < -0.3 is 10.6 Å². The average Bonchev–Trinajstić information content (AvgIpc) is 3.02. The lowest BCUT2D eigenvalue weighted by molar-refractivity contribution is 0.311. The Bertz CT molecular complexity index is 401. The van der Waals surface area contributed by atoms with Crippen molar-refractivity contribution in [3.63, 3.8) is 0 Å². The molecule has 0 aliphatic heterocycles. The van der Waals surface area contributed by atoms with Gasteiger partial charge in [0.15, 0.2) is 0 Å². The molecule has 18 heavy (non-hydrogen) atoms. The normalized spacial score (nSPS) is 23.9. The van der Waals surface area contributed by atoms with Crippen molar-refractivity contribution in [2.24, 2.45) is 17.6 Å². The molecule has 3 heteroatoms. The van der Waals surface area contributed by atoms with Crippen LogP contribution < -0.4 is 5.73 Å². The number of amidine groups is 1. The van der Waals surface area contributed by atoms with Crippen LogP contribution in [0.2, 0.25) is 0 Å². The topological polar surface area (TPSA) is 53.1 Å². The molecule has 3 nitrogen and oxygen atoms in total. The van der Waals surface area contributed by atoms with Crippen molar-refractivity contribution in [3.8, 4) is 0 Å². The predicted molar refractivity (Wildman–Crippen MR) is 75.9 cm³/mol. The molecule has 0 saturated heterocycles. The second kappa shape index (κ2) is 5.53. The molecule has 0 aromatic heterocycles. The maximum Gasteiger partial charge on any atom is 0.0995 e. The minimum absolute atomic E-state index is 0.0188. The summed E-state index contributed by atoms with van der Waals surface area (Å²) in [7, 11) is 2.13. The van der Waals surface area contributed by atoms with Crippen molar-refractivity contribution in [2.75, 3.05) is 20.1 Å². The molecule has 1 aliphatic rings. The summed E-state index contributed by atoms with van der Waals surface area (Å²) in [6, 6.07) is 10.1. The van der Waals surface area contributed by atoms with Crippen molar-refractivity contribution < 1.29 is 0 Å². The number of rotatable bonds is 6. The molecule has 98 valence electrons. The van der Waals surface area contributed by atoms with E-state index in [0.29, 0.717) is 0 Å². The predicted octanol–water partition coefficient (Wildman–Crippen LogP) is 2.29. The maximum atomic E-state index is 7.77. The van der Waals surface area contributed by atoms with Gasteiger partial charge in [-0.05, 0) is 30.9 Å². The second-order valence-electron chi connectivity index (χ2n) is 5.61. The van der Waals surface area contributed by atoms with E-state index in [-0.39, 0.29) is 11.8 Å². The third-order valence-electron chi connectivity index (χ3n) is 3.89. The lowest BCUT2D eigenvalue weighted by atomic mass is 9.97. The van der Waals surface area contributed by atoms with Gasteiger partial charge in [-0.2, -0.15) is 0 Å². The summed E-state index contributed by atoms with van der Waals surface area (Å²) >= 11 is 0. The summed E-state index contributed by atoms with van der Waals surface area (Å²) in [6.07, 6.45) is 1.35. The number of nitrogens with two attached hydrogens (primary N) is 1. The molecule has 0 radical (unpaired) electrons. The molecule has 3 N–H and O–H groups in total. The average molecular weight is 245 g/mol. The highest BCUT2D eigenvalue weighted by molar-refractivity contribution is 5.84. The zero-order chi connectivity index (χ0) is 13.1. The number of hydrogen-bond donors (Lipinski definition) is 2. The lowest BCUT2D eigenvalue weighted by Gasteiger charge is -2.23. The number of benzene rings is 1. The van der Waals surface area contributed by atoms with E-state index < -0.39 is 0 Å². The van der Waals surface area contributed by atoms with Gasteiger partial charge in [0.2, 0.25) is 0 Å². The Morgan fingerprint density at radius 3 is 2.56 bits per heavy atom. The van der Waals surface area contributed by atoms with Gasteiger partial charge in [0.1, 0.15) is 0 Å². The SMILES string of the molecule is CC1CC1CN(C)CC(C(=N)N)c1ccccc1. The van der Waals surface area contributed by atoms with Crippen molar-refractivity contribution >= 4 is 5.84 Å². The molecular formula is C15H23N3. The van der Waals surface area contributed by atoms with Crippen molar-refractivity contribution in [1.29, 1.82) is 5.41 Å². The summed E-state index contributed by atoms with van der Waals surface area (Å²) in [4.78, 5) is 2.31. The third kappa shape index (κ3) is 3.33. The van der Waals surface area contributed by atoms with Gasteiger partial charge in [0, 0.05) is 13.1 Å². The fourth-order valence-electron chi connectivity index (χ4n) is 2.51. The Labute approximate surface area is 109 Å². The van der Waals surface area contributed by atoms with Crippen LogP contribution in [0.25, 0.3) is 0 Å². The monoisotopic (exact) mass is 245 g/mol. The first-order valence-electron chi connectivity index (χ1n) is 6.65. The van der Waals surface area contributed by atoms with Crippen LogP contribution in [-0.4, -0.2) is 30.9 Å². The first-order chi connectivity index (χ1) is 8.58. The van der Waals surface area contributed by atoms with E-state index in [2.05, 4.69) is 31.0 Å². The van der Waals surface area contributed by atoms with Gasteiger partial charge in [0.05, 0.1) is 11.8 Å². The largest absolute Gasteiger partial charge is 0.387 e. The van der Waals surface area contributed by atoms with Crippen molar-refractivity contribution in [3.05, 3.63) is 35.9 Å². The van der Waals surface area contributed by atoms with Crippen LogP contribution in [0, 0.1) is 17.2 Å². The van der Waals surface area contributed by atoms with E-state index in [1.807, 2.05) is 18.2 Å². The van der Waals surface area contributed by atoms with E-state index in [4.69, 9.17) is 11.1 Å². The van der Waals surface area contributed by atoms with Crippen LogP contribution in [0.1, 0.15) is 24.8 Å². The highest BCUT2D eigenvalue weighted by Crippen LogP contribution is 2.38. The Hall–Kier alpha value is -1.35. The first-order valence-corrected chi connectivity index (χ1v) is 6.65.